The topological polar surface area (TPSA) is 77.2 Å². The van der Waals surface area contributed by atoms with Gasteiger partial charge in [-0.25, -0.2) is 4.98 Å². The van der Waals surface area contributed by atoms with Crippen molar-refractivity contribution in [2.45, 2.75) is 32.2 Å². The van der Waals surface area contributed by atoms with Crippen LogP contribution in [0.25, 0.3) is 0 Å². The van der Waals surface area contributed by atoms with Gasteiger partial charge in [-0.2, -0.15) is 0 Å². The monoisotopic (exact) mass is 263 g/mol. The average Bonchev–Trinajstić information content (AvgIpc) is 2.95. The van der Waals surface area contributed by atoms with Crippen LogP contribution in [0.3, 0.4) is 0 Å². The van der Waals surface area contributed by atoms with E-state index < -0.39 is 0 Å². The van der Waals surface area contributed by atoms with Crippen molar-refractivity contribution in [2.75, 3.05) is 13.7 Å². The summed E-state index contributed by atoms with van der Waals surface area (Å²) in [6, 6.07) is 3.73. The lowest BCUT2D eigenvalue weighted by Gasteiger charge is -2.25. The Labute approximate surface area is 113 Å². The van der Waals surface area contributed by atoms with E-state index in [0.29, 0.717) is 19.0 Å². The van der Waals surface area contributed by atoms with Crippen molar-refractivity contribution in [3.8, 4) is 5.88 Å². The van der Waals surface area contributed by atoms with Crippen LogP contribution in [0.4, 0.5) is 0 Å². The van der Waals surface area contributed by atoms with Crippen molar-refractivity contribution in [3.63, 3.8) is 0 Å². The third-order valence-electron chi connectivity index (χ3n) is 3.92. The van der Waals surface area contributed by atoms with Crippen molar-refractivity contribution < 1.29 is 9.53 Å². The van der Waals surface area contributed by atoms with E-state index in [1.807, 2.05) is 12.1 Å². The highest BCUT2D eigenvalue weighted by molar-refractivity contribution is 5.83. The zero-order valence-corrected chi connectivity index (χ0v) is 11.3. The van der Waals surface area contributed by atoms with Crippen molar-refractivity contribution in [1.82, 2.24) is 10.3 Å². The maximum atomic E-state index is 12.3. The molecule has 1 amide bonds. The second-order valence-corrected chi connectivity index (χ2v) is 5.05. The minimum absolute atomic E-state index is 0.0541. The highest BCUT2D eigenvalue weighted by Gasteiger charge is 2.39. The molecule has 0 radical (unpaired) electrons. The second-order valence-electron chi connectivity index (χ2n) is 5.05. The van der Waals surface area contributed by atoms with Gasteiger partial charge >= 0.3 is 0 Å². The SMILES string of the molecule is COc1ncccc1CNC(=O)C1(CN)CCCC1. The lowest BCUT2D eigenvalue weighted by Crippen LogP contribution is -2.43. The minimum Gasteiger partial charge on any atom is -0.481 e. The number of aromatic nitrogens is 1. The summed E-state index contributed by atoms with van der Waals surface area (Å²) < 4.78 is 5.17. The minimum atomic E-state index is -0.366. The van der Waals surface area contributed by atoms with Gasteiger partial charge in [-0.15, -0.1) is 0 Å². The van der Waals surface area contributed by atoms with Gasteiger partial charge < -0.3 is 15.8 Å². The smallest absolute Gasteiger partial charge is 0.227 e. The Bertz CT molecular complexity index is 442. The fraction of sp³-hybridized carbons (Fsp3) is 0.571. The number of rotatable bonds is 5. The van der Waals surface area contributed by atoms with E-state index in [1.54, 1.807) is 13.3 Å². The predicted octanol–water partition coefficient (Wildman–Crippen LogP) is 1.23. The van der Waals surface area contributed by atoms with E-state index in [4.69, 9.17) is 10.5 Å². The van der Waals surface area contributed by atoms with E-state index in [-0.39, 0.29) is 11.3 Å². The first-order chi connectivity index (χ1) is 9.22. The second kappa shape index (κ2) is 6.02. The molecule has 5 nitrogen and oxygen atoms in total. The molecule has 104 valence electrons. The van der Waals surface area contributed by atoms with E-state index in [1.165, 1.54) is 0 Å². The summed E-state index contributed by atoms with van der Waals surface area (Å²) in [6.07, 6.45) is 5.61. The maximum absolute atomic E-state index is 12.3. The summed E-state index contributed by atoms with van der Waals surface area (Å²) in [5.74, 6) is 0.606. The molecule has 1 aromatic rings. The Kier molecular flexibility index (Phi) is 4.37. The Hall–Kier alpha value is -1.62. The van der Waals surface area contributed by atoms with Gasteiger partial charge in [0.05, 0.1) is 12.5 Å². The molecule has 3 N–H and O–H groups in total. The number of amides is 1. The fourth-order valence-corrected chi connectivity index (χ4v) is 2.68. The molecule has 0 bridgehead atoms. The molecule has 1 fully saturated rings. The molecule has 1 aliphatic carbocycles. The average molecular weight is 263 g/mol. The van der Waals surface area contributed by atoms with Gasteiger partial charge in [0.1, 0.15) is 0 Å². The molecule has 1 saturated carbocycles. The largest absolute Gasteiger partial charge is 0.481 e. The number of nitrogens with zero attached hydrogens (tertiary/aromatic N) is 1. The fourth-order valence-electron chi connectivity index (χ4n) is 2.68. The van der Waals surface area contributed by atoms with Crippen LogP contribution in [0.1, 0.15) is 31.2 Å². The van der Waals surface area contributed by atoms with Crippen LogP contribution in [-0.2, 0) is 11.3 Å². The van der Waals surface area contributed by atoms with Crippen molar-refractivity contribution in [3.05, 3.63) is 23.9 Å². The molecule has 5 heteroatoms. The molecule has 2 rings (SSSR count). The molecular formula is C14H21N3O2. The first-order valence-electron chi connectivity index (χ1n) is 6.68. The van der Waals surface area contributed by atoms with Crippen molar-refractivity contribution in [1.29, 1.82) is 0 Å². The number of ether oxygens (including phenoxy) is 1. The maximum Gasteiger partial charge on any atom is 0.227 e. The molecule has 0 unspecified atom stereocenters. The van der Waals surface area contributed by atoms with E-state index in [2.05, 4.69) is 10.3 Å². The molecule has 1 heterocycles. The molecular weight excluding hydrogens is 242 g/mol. The van der Waals surface area contributed by atoms with Gasteiger partial charge in [0.25, 0.3) is 0 Å². The normalized spacial score (nSPS) is 17.2. The molecule has 0 saturated heterocycles. The van der Waals surface area contributed by atoms with Gasteiger partial charge in [0.15, 0.2) is 0 Å². The summed E-state index contributed by atoms with van der Waals surface area (Å²) >= 11 is 0. The van der Waals surface area contributed by atoms with E-state index >= 15 is 0 Å². The molecule has 0 atom stereocenters. The highest BCUT2D eigenvalue weighted by Crippen LogP contribution is 2.37. The van der Waals surface area contributed by atoms with Crippen LogP contribution in [0, 0.1) is 5.41 Å². The predicted molar refractivity (Wildman–Crippen MR) is 72.6 cm³/mol. The number of nitrogens with one attached hydrogen (secondary N) is 1. The van der Waals surface area contributed by atoms with E-state index in [9.17, 15) is 4.79 Å². The van der Waals surface area contributed by atoms with Gasteiger partial charge in [0, 0.05) is 24.8 Å². The lowest BCUT2D eigenvalue weighted by atomic mass is 9.85. The van der Waals surface area contributed by atoms with Crippen LogP contribution in [-0.4, -0.2) is 24.5 Å². The van der Waals surface area contributed by atoms with Crippen molar-refractivity contribution >= 4 is 5.91 Å². The summed E-state index contributed by atoms with van der Waals surface area (Å²) in [6.45, 7) is 0.848. The Morgan fingerprint density at radius 2 is 2.26 bits per heavy atom. The number of nitrogens with two attached hydrogens (primary N) is 1. The first kappa shape index (κ1) is 13.8. The summed E-state index contributed by atoms with van der Waals surface area (Å²) in [4.78, 5) is 16.4. The number of pyridine rings is 1. The standard InChI is InChI=1S/C14H21N3O2/c1-19-12-11(5-4-8-16-12)9-17-13(18)14(10-15)6-2-3-7-14/h4-5,8H,2-3,6-7,9-10,15H2,1H3,(H,17,18). The molecule has 19 heavy (non-hydrogen) atoms. The summed E-state index contributed by atoms with van der Waals surface area (Å²) in [5.41, 5.74) is 6.31. The quantitative estimate of drug-likeness (QED) is 0.837. The van der Waals surface area contributed by atoms with Crippen LogP contribution in [0.2, 0.25) is 0 Å². The van der Waals surface area contributed by atoms with E-state index in [0.717, 1.165) is 31.2 Å². The van der Waals surface area contributed by atoms with Crippen LogP contribution in [0.15, 0.2) is 18.3 Å². The summed E-state index contributed by atoms with van der Waals surface area (Å²) in [7, 11) is 1.58. The number of methoxy groups -OCH3 is 1. The van der Waals surface area contributed by atoms with Crippen LogP contribution in [0.5, 0.6) is 5.88 Å². The Morgan fingerprint density at radius 3 is 2.89 bits per heavy atom. The number of hydrogen-bond donors (Lipinski definition) is 2. The number of carbonyl (C=O) groups excluding carboxylic acids is 1. The van der Waals surface area contributed by atoms with Crippen LogP contribution >= 0.6 is 0 Å². The molecule has 0 spiro atoms. The Morgan fingerprint density at radius 1 is 1.53 bits per heavy atom. The molecule has 1 aliphatic rings. The van der Waals surface area contributed by atoms with Gasteiger partial charge in [0.2, 0.25) is 11.8 Å². The zero-order chi connectivity index (χ0) is 13.7. The van der Waals surface area contributed by atoms with Crippen LogP contribution < -0.4 is 15.8 Å². The number of hydrogen-bond acceptors (Lipinski definition) is 4. The first-order valence-corrected chi connectivity index (χ1v) is 6.68. The van der Waals surface area contributed by atoms with Gasteiger partial charge in [-0.3, -0.25) is 4.79 Å². The molecule has 0 aliphatic heterocycles. The highest BCUT2D eigenvalue weighted by atomic mass is 16.5. The third kappa shape index (κ3) is 2.87. The molecule has 0 aromatic carbocycles. The van der Waals surface area contributed by atoms with Gasteiger partial charge in [-0.1, -0.05) is 18.9 Å². The lowest BCUT2D eigenvalue weighted by molar-refractivity contribution is -0.130. The summed E-state index contributed by atoms with van der Waals surface area (Å²) in [5, 5.41) is 2.97. The Balaban J connectivity index is 2.00. The van der Waals surface area contributed by atoms with Crippen molar-refractivity contribution in [2.24, 2.45) is 11.1 Å². The zero-order valence-electron chi connectivity index (χ0n) is 11.3. The molecule has 1 aromatic heterocycles. The van der Waals surface area contributed by atoms with Gasteiger partial charge in [-0.05, 0) is 18.9 Å². The number of carbonyl (C=O) groups is 1. The third-order valence-corrected chi connectivity index (χ3v) is 3.92.